The summed E-state index contributed by atoms with van der Waals surface area (Å²) in [6.07, 6.45) is 0. The molecular weight excluding hydrogens is 782 g/mol. The maximum atomic E-state index is 6.46. The molecular formula is C56H32ClN3O2. The molecule has 0 saturated carbocycles. The fraction of sp³-hybridized carbons (Fsp3) is 0. The van der Waals surface area contributed by atoms with Gasteiger partial charge in [-0.3, -0.25) is 0 Å². The molecule has 4 heterocycles. The molecule has 62 heavy (non-hydrogen) atoms. The summed E-state index contributed by atoms with van der Waals surface area (Å²) < 4.78 is 12.9. The van der Waals surface area contributed by atoms with E-state index in [0.29, 0.717) is 0 Å². The molecule has 0 saturated heterocycles. The number of aromatic nitrogens is 3. The molecule has 1 N–H and O–H groups in total. The van der Waals surface area contributed by atoms with Crippen molar-refractivity contribution in [1.82, 2.24) is 15.0 Å². The van der Waals surface area contributed by atoms with Gasteiger partial charge in [-0.15, -0.1) is 0 Å². The predicted molar refractivity (Wildman–Crippen MR) is 256 cm³/mol. The summed E-state index contributed by atoms with van der Waals surface area (Å²) in [5.74, 6) is 0. The van der Waals surface area contributed by atoms with Crippen molar-refractivity contribution in [1.29, 1.82) is 0 Å². The van der Waals surface area contributed by atoms with Crippen LogP contribution in [0.2, 0.25) is 5.28 Å². The molecule has 0 radical (unpaired) electrons. The molecule has 5 nitrogen and oxygen atoms in total. The summed E-state index contributed by atoms with van der Waals surface area (Å²) in [7, 11) is 0. The summed E-state index contributed by atoms with van der Waals surface area (Å²) >= 11 is 6.30. The summed E-state index contributed by atoms with van der Waals surface area (Å²) in [5, 5.41) is 8.01. The maximum Gasteiger partial charge on any atom is 0.223 e. The van der Waals surface area contributed by atoms with Crippen molar-refractivity contribution >= 4 is 88.2 Å². The summed E-state index contributed by atoms with van der Waals surface area (Å²) in [6.45, 7) is 0. The van der Waals surface area contributed by atoms with E-state index in [2.05, 4.69) is 167 Å². The van der Waals surface area contributed by atoms with E-state index in [0.717, 1.165) is 122 Å². The van der Waals surface area contributed by atoms with Gasteiger partial charge >= 0.3 is 0 Å². The number of nitrogens with one attached hydrogen (secondary N) is 1. The second kappa shape index (κ2) is 13.5. The highest BCUT2D eigenvalue weighted by Crippen LogP contribution is 2.41. The first-order chi connectivity index (χ1) is 30.6. The van der Waals surface area contributed by atoms with Crippen molar-refractivity contribution in [3.63, 3.8) is 0 Å². The number of para-hydroxylation sites is 4. The van der Waals surface area contributed by atoms with Crippen LogP contribution in [0.4, 0.5) is 0 Å². The zero-order chi connectivity index (χ0) is 40.9. The first-order valence-corrected chi connectivity index (χ1v) is 21.0. The van der Waals surface area contributed by atoms with Gasteiger partial charge < -0.3 is 13.8 Å². The second-order valence-corrected chi connectivity index (χ2v) is 16.3. The molecule has 0 aliphatic carbocycles. The number of fused-ring (bicyclic) bond motifs is 10. The summed E-state index contributed by atoms with van der Waals surface area (Å²) in [6, 6.07) is 66.0. The van der Waals surface area contributed by atoms with E-state index in [4.69, 9.17) is 20.4 Å². The lowest BCUT2D eigenvalue weighted by Crippen LogP contribution is -1.91. The molecule has 0 bridgehead atoms. The highest BCUT2D eigenvalue weighted by Gasteiger charge is 2.17. The molecule has 0 atom stereocenters. The minimum absolute atomic E-state index is 0.237. The van der Waals surface area contributed by atoms with Crippen molar-refractivity contribution in [3.8, 4) is 55.8 Å². The fourth-order valence-corrected chi connectivity index (χ4v) is 9.57. The third-order valence-corrected chi connectivity index (χ3v) is 12.6. The van der Waals surface area contributed by atoms with Crippen molar-refractivity contribution in [2.75, 3.05) is 0 Å². The van der Waals surface area contributed by atoms with Gasteiger partial charge in [-0.2, -0.15) is 0 Å². The monoisotopic (exact) mass is 813 g/mol. The van der Waals surface area contributed by atoms with E-state index in [9.17, 15) is 0 Å². The van der Waals surface area contributed by atoms with Gasteiger partial charge in [0.05, 0.1) is 16.7 Å². The molecule has 0 aliphatic heterocycles. The van der Waals surface area contributed by atoms with E-state index in [1.165, 1.54) is 10.8 Å². The van der Waals surface area contributed by atoms with Gasteiger partial charge in [0.1, 0.15) is 22.3 Å². The quantitative estimate of drug-likeness (QED) is 0.176. The lowest BCUT2D eigenvalue weighted by atomic mass is 9.96. The predicted octanol–water partition coefficient (Wildman–Crippen LogP) is 16.1. The van der Waals surface area contributed by atoms with Crippen LogP contribution >= 0.6 is 11.6 Å². The van der Waals surface area contributed by atoms with E-state index >= 15 is 0 Å². The standard InChI is InChI=1S/C56H32ClN3O2/c57-56-59-48-16-3-1-11-45(48)53(60-56)33-20-18-32(19-21-33)36-22-25-42-47-29-35(24-27-51(47)61-52(42)31-36)34-8-5-9-37(28-34)39-12-6-14-43-46-30-38(23-26-49(46)58-54(39)43)40-13-7-15-44-41-10-2-4-17-50(41)62-55(40)44/h1-31,58H. The number of rotatable bonds is 5. The Labute approximate surface area is 359 Å². The lowest BCUT2D eigenvalue weighted by Gasteiger charge is -2.08. The Kier molecular flexibility index (Phi) is 7.59. The topological polar surface area (TPSA) is 67.8 Å². The molecule has 0 spiro atoms. The van der Waals surface area contributed by atoms with Crippen LogP contribution in [0, 0.1) is 0 Å². The van der Waals surface area contributed by atoms with Crippen molar-refractivity contribution < 1.29 is 8.83 Å². The van der Waals surface area contributed by atoms with Gasteiger partial charge in [-0.1, -0.05) is 133 Å². The van der Waals surface area contributed by atoms with Gasteiger partial charge in [0, 0.05) is 59.9 Å². The van der Waals surface area contributed by atoms with E-state index in [1.54, 1.807) is 0 Å². The van der Waals surface area contributed by atoms with Gasteiger partial charge in [0.15, 0.2) is 0 Å². The number of hydrogen-bond donors (Lipinski definition) is 1. The Morgan fingerprint density at radius 3 is 1.92 bits per heavy atom. The summed E-state index contributed by atoms with van der Waals surface area (Å²) in [5.41, 5.74) is 17.3. The molecule has 13 aromatic rings. The first-order valence-electron chi connectivity index (χ1n) is 20.6. The Hall–Kier alpha value is -7.99. The Morgan fingerprint density at radius 1 is 0.371 bits per heavy atom. The van der Waals surface area contributed by atoms with Crippen LogP contribution in [0.5, 0.6) is 0 Å². The molecule has 290 valence electrons. The Bertz CT molecular complexity index is 3950. The number of aromatic amines is 1. The first kappa shape index (κ1) is 34.8. The highest BCUT2D eigenvalue weighted by atomic mass is 35.5. The van der Waals surface area contributed by atoms with Crippen LogP contribution in [-0.2, 0) is 0 Å². The number of H-pyrrole nitrogens is 1. The average Bonchev–Trinajstić information content (AvgIpc) is 4.02. The zero-order valence-electron chi connectivity index (χ0n) is 33.0. The van der Waals surface area contributed by atoms with Crippen LogP contribution in [0.3, 0.4) is 0 Å². The maximum absolute atomic E-state index is 6.46. The molecule has 6 heteroatoms. The molecule has 0 unspecified atom stereocenters. The third-order valence-electron chi connectivity index (χ3n) is 12.4. The van der Waals surface area contributed by atoms with Gasteiger partial charge in [0.25, 0.3) is 0 Å². The normalized spacial score (nSPS) is 12.0. The van der Waals surface area contributed by atoms with E-state index in [1.807, 2.05) is 36.4 Å². The van der Waals surface area contributed by atoms with E-state index in [-0.39, 0.29) is 5.28 Å². The minimum Gasteiger partial charge on any atom is -0.456 e. The number of furan rings is 2. The number of hydrogen-bond acceptors (Lipinski definition) is 4. The molecule has 0 fully saturated rings. The van der Waals surface area contributed by atoms with Crippen molar-refractivity contribution in [2.45, 2.75) is 0 Å². The highest BCUT2D eigenvalue weighted by molar-refractivity contribution is 6.29. The van der Waals surface area contributed by atoms with Crippen LogP contribution in [0.25, 0.3) is 132 Å². The second-order valence-electron chi connectivity index (χ2n) is 15.9. The van der Waals surface area contributed by atoms with Gasteiger partial charge in [0.2, 0.25) is 5.28 Å². The Balaban J connectivity index is 0.830. The smallest absolute Gasteiger partial charge is 0.223 e. The molecule has 4 aromatic heterocycles. The minimum atomic E-state index is 0.237. The number of nitrogens with zero attached hydrogens (tertiary/aromatic N) is 2. The largest absolute Gasteiger partial charge is 0.456 e. The molecule has 9 aromatic carbocycles. The van der Waals surface area contributed by atoms with Crippen LogP contribution in [0.15, 0.2) is 197 Å². The third kappa shape index (κ3) is 5.49. The van der Waals surface area contributed by atoms with Crippen LogP contribution < -0.4 is 0 Å². The number of benzene rings is 9. The van der Waals surface area contributed by atoms with Crippen LogP contribution in [0.1, 0.15) is 0 Å². The zero-order valence-corrected chi connectivity index (χ0v) is 33.7. The molecule has 13 rings (SSSR count). The molecule has 0 aliphatic rings. The van der Waals surface area contributed by atoms with Gasteiger partial charge in [-0.05, 0) is 99.6 Å². The van der Waals surface area contributed by atoms with Gasteiger partial charge in [-0.25, -0.2) is 9.97 Å². The van der Waals surface area contributed by atoms with Crippen molar-refractivity contribution in [2.24, 2.45) is 0 Å². The lowest BCUT2D eigenvalue weighted by molar-refractivity contribution is 0.669. The summed E-state index contributed by atoms with van der Waals surface area (Å²) in [4.78, 5) is 12.7. The van der Waals surface area contributed by atoms with Crippen molar-refractivity contribution in [3.05, 3.63) is 193 Å². The SMILES string of the molecule is Clc1nc(-c2ccc(-c3ccc4c(c3)oc3ccc(-c5cccc(-c6cccc7c6[nH]c6ccc(-c8cccc9c8oc8ccccc89)cc67)c5)cc34)cc2)c2ccccc2n1. The molecule has 0 amide bonds. The van der Waals surface area contributed by atoms with Crippen LogP contribution in [-0.4, -0.2) is 15.0 Å². The average molecular weight is 814 g/mol. The number of halogens is 1. The Morgan fingerprint density at radius 2 is 1.00 bits per heavy atom. The fourth-order valence-electron chi connectivity index (χ4n) is 9.40. The van der Waals surface area contributed by atoms with E-state index < -0.39 is 0 Å².